The van der Waals surface area contributed by atoms with Crippen molar-refractivity contribution in [1.29, 1.82) is 0 Å². The first-order chi connectivity index (χ1) is 16.2. The van der Waals surface area contributed by atoms with Gasteiger partial charge in [0.05, 0.1) is 17.0 Å². The fraction of sp³-hybridized carbons (Fsp3) is 0.160. The van der Waals surface area contributed by atoms with Crippen molar-refractivity contribution in [3.8, 4) is 17.1 Å². The summed E-state index contributed by atoms with van der Waals surface area (Å²) in [6, 6.07) is 20.1. The van der Waals surface area contributed by atoms with Crippen LogP contribution >= 0.6 is 11.8 Å². The van der Waals surface area contributed by atoms with Gasteiger partial charge in [-0.15, -0.1) is 10.2 Å². The van der Waals surface area contributed by atoms with Crippen LogP contribution in [0.3, 0.4) is 0 Å². The molecule has 1 heterocycles. The zero-order valence-electron chi connectivity index (χ0n) is 18.4. The third-order valence-electron chi connectivity index (χ3n) is 5.22. The fourth-order valence-electron chi connectivity index (χ4n) is 3.34. The van der Waals surface area contributed by atoms with Crippen molar-refractivity contribution in [1.82, 2.24) is 14.8 Å². The predicted molar refractivity (Wildman–Crippen MR) is 127 cm³/mol. The Kier molecular flexibility index (Phi) is 6.74. The SMILES string of the molecule is Cc1ccc(-n2c(SCC(=O)Nc3cccc(C(F)(F)F)c3)nnc2-c2ccccc2)cc1C. The standard InChI is InChI=1S/C25H21F3N4OS/c1-16-11-12-21(13-17(16)2)32-23(18-7-4-3-5-8-18)30-31-24(32)34-15-22(33)29-20-10-6-9-19(14-20)25(26,27)28/h3-14H,15H2,1-2H3,(H,29,33). The molecule has 0 saturated heterocycles. The molecule has 0 saturated carbocycles. The second kappa shape index (κ2) is 9.72. The molecule has 9 heteroatoms. The molecule has 1 aromatic heterocycles. The highest BCUT2D eigenvalue weighted by atomic mass is 32.2. The summed E-state index contributed by atoms with van der Waals surface area (Å²) in [4.78, 5) is 12.5. The number of amides is 1. The second-order valence-corrected chi connectivity index (χ2v) is 8.63. The Morgan fingerprint density at radius 2 is 1.71 bits per heavy atom. The van der Waals surface area contributed by atoms with E-state index in [4.69, 9.17) is 0 Å². The normalized spacial score (nSPS) is 11.4. The molecule has 0 aliphatic heterocycles. The number of hydrogen-bond donors (Lipinski definition) is 1. The van der Waals surface area contributed by atoms with Gasteiger partial charge in [-0.05, 0) is 55.3 Å². The number of aromatic nitrogens is 3. The first kappa shape index (κ1) is 23.6. The lowest BCUT2D eigenvalue weighted by Gasteiger charge is -2.12. The van der Waals surface area contributed by atoms with Crippen LogP contribution in [0.1, 0.15) is 16.7 Å². The van der Waals surface area contributed by atoms with Crippen LogP contribution in [-0.4, -0.2) is 26.4 Å². The van der Waals surface area contributed by atoms with E-state index in [1.807, 2.05) is 66.9 Å². The third kappa shape index (κ3) is 5.31. The number of alkyl halides is 3. The molecule has 1 amide bonds. The Morgan fingerprint density at radius 1 is 0.941 bits per heavy atom. The van der Waals surface area contributed by atoms with E-state index >= 15 is 0 Å². The Hall–Kier alpha value is -3.59. The lowest BCUT2D eigenvalue weighted by molar-refractivity contribution is -0.137. The molecule has 0 aliphatic carbocycles. The number of carbonyl (C=O) groups is 1. The first-order valence-corrected chi connectivity index (χ1v) is 11.4. The number of hydrogen-bond acceptors (Lipinski definition) is 4. The summed E-state index contributed by atoms with van der Waals surface area (Å²) < 4.78 is 40.7. The number of anilines is 1. The highest BCUT2D eigenvalue weighted by Crippen LogP contribution is 2.31. The second-order valence-electron chi connectivity index (χ2n) is 7.69. The fourth-order valence-corrected chi connectivity index (χ4v) is 4.09. The molecule has 174 valence electrons. The maximum atomic E-state index is 12.9. The summed E-state index contributed by atoms with van der Waals surface area (Å²) in [6.07, 6.45) is -4.48. The van der Waals surface area contributed by atoms with Gasteiger partial charge in [0.2, 0.25) is 5.91 Å². The number of halogens is 3. The van der Waals surface area contributed by atoms with Crippen molar-refractivity contribution in [2.75, 3.05) is 11.1 Å². The summed E-state index contributed by atoms with van der Waals surface area (Å²) in [5.74, 6) is 0.137. The Balaban J connectivity index is 1.58. The number of nitrogens with one attached hydrogen (secondary N) is 1. The Labute approximate surface area is 199 Å². The zero-order valence-corrected chi connectivity index (χ0v) is 19.2. The van der Waals surface area contributed by atoms with E-state index in [0.29, 0.717) is 11.0 Å². The van der Waals surface area contributed by atoms with Crippen molar-refractivity contribution >= 4 is 23.4 Å². The Morgan fingerprint density at radius 3 is 2.41 bits per heavy atom. The van der Waals surface area contributed by atoms with Crippen LogP contribution < -0.4 is 5.32 Å². The van der Waals surface area contributed by atoms with Crippen LogP contribution in [0, 0.1) is 13.8 Å². The average Bonchev–Trinajstić information content (AvgIpc) is 3.24. The summed E-state index contributed by atoms with van der Waals surface area (Å²) in [7, 11) is 0. The monoisotopic (exact) mass is 482 g/mol. The summed E-state index contributed by atoms with van der Waals surface area (Å²) in [5.41, 5.74) is 3.23. The molecule has 5 nitrogen and oxygen atoms in total. The van der Waals surface area contributed by atoms with Gasteiger partial charge in [-0.25, -0.2) is 0 Å². The van der Waals surface area contributed by atoms with Crippen LogP contribution in [0.2, 0.25) is 0 Å². The van der Waals surface area contributed by atoms with E-state index in [1.165, 1.54) is 12.1 Å². The van der Waals surface area contributed by atoms with Crippen molar-refractivity contribution in [2.24, 2.45) is 0 Å². The van der Waals surface area contributed by atoms with Crippen molar-refractivity contribution in [2.45, 2.75) is 25.2 Å². The lowest BCUT2D eigenvalue weighted by Crippen LogP contribution is -2.15. The molecule has 0 spiro atoms. The number of carbonyl (C=O) groups excluding carboxylic acids is 1. The van der Waals surface area contributed by atoms with E-state index in [9.17, 15) is 18.0 Å². The van der Waals surface area contributed by atoms with E-state index < -0.39 is 17.6 Å². The largest absolute Gasteiger partial charge is 0.416 e. The van der Waals surface area contributed by atoms with Crippen LogP contribution in [-0.2, 0) is 11.0 Å². The molecule has 4 aromatic rings. The van der Waals surface area contributed by atoms with E-state index in [0.717, 1.165) is 46.3 Å². The average molecular weight is 483 g/mol. The zero-order chi connectivity index (χ0) is 24.3. The summed E-state index contributed by atoms with van der Waals surface area (Å²) in [5, 5.41) is 11.7. The molecule has 0 radical (unpaired) electrons. The number of rotatable bonds is 6. The summed E-state index contributed by atoms with van der Waals surface area (Å²) >= 11 is 1.16. The predicted octanol–water partition coefficient (Wildman–Crippen LogP) is 6.30. The van der Waals surface area contributed by atoms with Gasteiger partial charge < -0.3 is 5.32 Å². The molecule has 4 rings (SSSR count). The minimum Gasteiger partial charge on any atom is -0.325 e. The number of thioether (sulfide) groups is 1. The van der Waals surface area contributed by atoms with Crippen molar-refractivity contribution in [3.05, 3.63) is 89.5 Å². The Bertz CT molecular complexity index is 1320. The van der Waals surface area contributed by atoms with Gasteiger partial charge >= 0.3 is 6.18 Å². The lowest BCUT2D eigenvalue weighted by atomic mass is 10.1. The maximum absolute atomic E-state index is 12.9. The molecule has 0 unspecified atom stereocenters. The molecule has 3 aromatic carbocycles. The summed E-state index contributed by atoms with van der Waals surface area (Å²) in [6.45, 7) is 4.04. The van der Waals surface area contributed by atoms with Gasteiger partial charge in [-0.1, -0.05) is 54.2 Å². The number of aryl methyl sites for hydroxylation is 2. The molecule has 34 heavy (non-hydrogen) atoms. The molecule has 0 bridgehead atoms. The van der Waals surface area contributed by atoms with Gasteiger partial charge in [-0.3, -0.25) is 9.36 Å². The van der Waals surface area contributed by atoms with Gasteiger partial charge in [0.1, 0.15) is 0 Å². The van der Waals surface area contributed by atoms with Gasteiger partial charge in [-0.2, -0.15) is 13.2 Å². The highest BCUT2D eigenvalue weighted by molar-refractivity contribution is 7.99. The van der Waals surface area contributed by atoms with E-state index in [1.54, 1.807) is 0 Å². The van der Waals surface area contributed by atoms with Crippen LogP contribution in [0.25, 0.3) is 17.1 Å². The maximum Gasteiger partial charge on any atom is 0.416 e. The topological polar surface area (TPSA) is 59.8 Å². The highest BCUT2D eigenvalue weighted by Gasteiger charge is 2.30. The third-order valence-corrected chi connectivity index (χ3v) is 6.15. The molecule has 0 atom stereocenters. The molecular formula is C25H21F3N4OS. The first-order valence-electron chi connectivity index (χ1n) is 10.4. The van der Waals surface area contributed by atoms with Gasteiger partial charge in [0, 0.05) is 11.3 Å². The van der Waals surface area contributed by atoms with Crippen LogP contribution in [0.15, 0.2) is 78.0 Å². The molecule has 0 aliphatic rings. The van der Waals surface area contributed by atoms with E-state index in [-0.39, 0.29) is 11.4 Å². The van der Waals surface area contributed by atoms with Crippen LogP contribution in [0.5, 0.6) is 0 Å². The number of benzene rings is 3. The quantitative estimate of drug-likeness (QED) is 0.328. The number of nitrogens with zero attached hydrogens (tertiary/aromatic N) is 3. The molecule has 0 fully saturated rings. The molecule has 1 N–H and O–H groups in total. The molecular weight excluding hydrogens is 461 g/mol. The van der Waals surface area contributed by atoms with Gasteiger partial charge in [0.25, 0.3) is 0 Å². The van der Waals surface area contributed by atoms with Crippen molar-refractivity contribution < 1.29 is 18.0 Å². The minimum absolute atomic E-state index is 0.0476. The van der Waals surface area contributed by atoms with Crippen LogP contribution in [0.4, 0.5) is 18.9 Å². The smallest absolute Gasteiger partial charge is 0.325 e. The minimum atomic E-state index is -4.48. The van der Waals surface area contributed by atoms with E-state index in [2.05, 4.69) is 15.5 Å². The van der Waals surface area contributed by atoms with Crippen molar-refractivity contribution in [3.63, 3.8) is 0 Å². The van der Waals surface area contributed by atoms with Gasteiger partial charge in [0.15, 0.2) is 11.0 Å².